The van der Waals surface area contributed by atoms with Crippen LogP contribution in [0.25, 0.3) is 0 Å². The Kier molecular flexibility index (Phi) is 8.13. The molecule has 0 aromatic carbocycles. The van der Waals surface area contributed by atoms with Gasteiger partial charge in [-0.25, -0.2) is 0 Å². The number of nitrogens with zero attached hydrogens (tertiary/aromatic N) is 1. The Balaban J connectivity index is 2.27. The summed E-state index contributed by atoms with van der Waals surface area (Å²) in [7, 11) is 0. The van der Waals surface area contributed by atoms with Crippen LogP contribution in [0.15, 0.2) is 18.3 Å². The van der Waals surface area contributed by atoms with Gasteiger partial charge >= 0.3 is 0 Å². The van der Waals surface area contributed by atoms with Crippen molar-refractivity contribution >= 4 is 0 Å². The highest BCUT2D eigenvalue weighted by molar-refractivity contribution is 5.19. The molecule has 1 aromatic rings. The first-order valence-corrected chi connectivity index (χ1v) is 6.80. The molecule has 0 aliphatic carbocycles. The van der Waals surface area contributed by atoms with Gasteiger partial charge in [-0.05, 0) is 32.0 Å². The number of hydrogen-bond donors (Lipinski definition) is 2. The van der Waals surface area contributed by atoms with Gasteiger partial charge in [0.25, 0.3) is 0 Å². The van der Waals surface area contributed by atoms with Crippen LogP contribution in [-0.4, -0.2) is 42.6 Å². The van der Waals surface area contributed by atoms with Crippen LogP contribution in [-0.2, 0) is 11.3 Å². The van der Waals surface area contributed by atoms with E-state index in [9.17, 15) is 5.11 Å². The average Bonchev–Trinajstić information content (AvgIpc) is 2.44. The topological polar surface area (TPSA) is 63.6 Å². The summed E-state index contributed by atoms with van der Waals surface area (Å²) in [5, 5.41) is 12.8. The van der Waals surface area contributed by atoms with Gasteiger partial charge in [0.05, 0.1) is 18.5 Å². The van der Waals surface area contributed by atoms with E-state index in [2.05, 4.69) is 17.2 Å². The summed E-state index contributed by atoms with van der Waals surface area (Å²) < 4.78 is 10.5. The van der Waals surface area contributed by atoms with Crippen LogP contribution in [0.5, 0.6) is 5.75 Å². The molecule has 1 heterocycles. The van der Waals surface area contributed by atoms with Crippen molar-refractivity contribution in [3.8, 4) is 5.75 Å². The van der Waals surface area contributed by atoms with Gasteiger partial charge in [-0.3, -0.25) is 4.98 Å². The minimum absolute atomic E-state index is 0.217. The average molecular weight is 268 g/mol. The standard InChI is InChI=1S/C14H24N2O3/c1-3-7-15-8-12-5-6-14(9-16-12)19-11-13(17)10-18-4-2/h5-6,9,13,15,17H,3-4,7-8,10-11H2,1-2H3. The lowest BCUT2D eigenvalue weighted by molar-refractivity contribution is 0.0164. The molecule has 1 aromatic heterocycles. The van der Waals surface area contributed by atoms with Crippen LogP contribution in [0.4, 0.5) is 0 Å². The number of hydrogen-bond acceptors (Lipinski definition) is 5. The molecule has 0 bridgehead atoms. The quantitative estimate of drug-likeness (QED) is 0.627. The summed E-state index contributed by atoms with van der Waals surface area (Å²) in [5.41, 5.74) is 0.982. The number of pyridine rings is 1. The van der Waals surface area contributed by atoms with E-state index in [-0.39, 0.29) is 6.61 Å². The van der Waals surface area contributed by atoms with E-state index in [1.165, 1.54) is 0 Å². The van der Waals surface area contributed by atoms with E-state index < -0.39 is 6.10 Å². The lowest BCUT2D eigenvalue weighted by Crippen LogP contribution is -2.23. The second-order valence-electron chi connectivity index (χ2n) is 4.29. The zero-order chi connectivity index (χ0) is 13.9. The molecule has 1 atom stereocenters. The molecule has 0 amide bonds. The lowest BCUT2D eigenvalue weighted by Gasteiger charge is -2.12. The molecular formula is C14H24N2O3. The van der Waals surface area contributed by atoms with Gasteiger partial charge in [0.1, 0.15) is 18.5 Å². The normalized spacial score (nSPS) is 12.4. The Labute approximate surface area is 115 Å². The zero-order valence-corrected chi connectivity index (χ0v) is 11.8. The van der Waals surface area contributed by atoms with Gasteiger partial charge in [-0.1, -0.05) is 6.92 Å². The molecule has 1 unspecified atom stereocenters. The number of aromatic nitrogens is 1. The van der Waals surface area contributed by atoms with E-state index in [4.69, 9.17) is 9.47 Å². The Hall–Kier alpha value is -1.17. The fraction of sp³-hybridized carbons (Fsp3) is 0.643. The second-order valence-corrected chi connectivity index (χ2v) is 4.29. The second kappa shape index (κ2) is 9.72. The maximum Gasteiger partial charge on any atom is 0.137 e. The van der Waals surface area contributed by atoms with Gasteiger partial charge < -0.3 is 19.9 Å². The first-order chi connectivity index (χ1) is 9.26. The molecular weight excluding hydrogens is 244 g/mol. The van der Waals surface area contributed by atoms with E-state index in [0.717, 1.165) is 25.2 Å². The fourth-order valence-corrected chi connectivity index (χ4v) is 1.49. The van der Waals surface area contributed by atoms with Crippen molar-refractivity contribution in [2.45, 2.75) is 32.9 Å². The monoisotopic (exact) mass is 268 g/mol. The molecule has 0 aliphatic heterocycles. The molecule has 19 heavy (non-hydrogen) atoms. The number of ether oxygens (including phenoxy) is 2. The first-order valence-electron chi connectivity index (χ1n) is 6.80. The summed E-state index contributed by atoms with van der Waals surface area (Å²) in [4.78, 5) is 4.29. The van der Waals surface area contributed by atoms with Crippen molar-refractivity contribution in [3.63, 3.8) is 0 Å². The highest BCUT2D eigenvalue weighted by Gasteiger charge is 2.05. The van der Waals surface area contributed by atoms with Crippen LogP contribution in [0.1, 0.15) is 26.0 Å². The molecule has 0 aliphatic rings. The van der Waals surface area contributed by atoms with Crippen LogP contribution in [0.3, 0.4) is 0 Å². The van der Waals surface area contributed by atoms with E-state index in [1.807, 2.05) is 19.1 Å². The highest BCUT2D eigenvalue weighted by Crippen LogP contribution is 2.09. The third kappa shape index (κ3) is 7.10. The maximum atomic E-state index is 9.56. The number of rotatable bonds is 10. The van der Waals surface area contributed by atoms with Crippen molar-refractivity contribution in [2.75, 3.05) is 26.4 Å². The van der Waals surface area contributed by atoms with E-state index in [1.54, 1.807) is 6.20 Å². The van der Waals surface area contributed by atoms with Gasteiger partial charge in [-0.15, -0.1) is 0 Å². The molecule has 0 saturated carbocycles. The SMILES string of the molecule is CCCNCc1ccc(OCC(O)COCC)cn1. The molecule has 5 heteroatoms. The minimum Gasteiger partial charge on any atom is -0.489 e. The van der Waals surface area contributed by atoms with Crippen molar-refractivity contribution in [2.24, 2.45) is 0 Å². The first kappa shape index (κ1) is 15.9. The van der Waals surface area contributed by atoms with Crippen LogP contribution in [0, 0.1) is 0 Å². The highest BCUT2D eigenvalue weighted by atomic mass is 16.5. The largest absolute Gasteiger partial charge is 0.489 e. The summed E-state index contributed by atoms with van der Waals surface area (Å²) in [6.45, 7) is 6.88. The van der Waals surface area contributed by atoms with Gasteiger partial charge in [0.2, 0.25) is 0 Å². The van der Waals surface area contributed by atoms with Gasteiger partial charge in [0.15, 0.2) is 0 Å². The van der Waals surface area contributed by atoms with E-state index >= 15 is 0 Å². The van der Waals surface area contributed by atoms with E-state index in [0.29, 0.717) is 19.0 Å². The van der Waals surface area contributed by atoms with Crippen molar-refractivity contribution < 1.29 is 14.6 Å². The zero-order valence-electron chi connectivity index (χ0n) is 11.8. The minimum atomic E-state index is -0.606. The smallest absolute Gasteiger partial charge is 0.137 e. The molecule has 0 fully saturated rings. The molecule has 0 radical (unpaired) electrons. The number of aliphatic hydroxyl groups is 1. The maximum absolute atomic E-state index is 9.56. The van der Waals surface area contributed by atoms with Gasteiger partial charge in [0, 0.05) is 13.2 Å². The predicted molar refractivity (Wildman–Crippen MR) is 74.2 cm³/mol. The third-order valence-electron chi connectivity index (χ3n) is 2.49. The third-order valence-corrected chi connectivity index (χ3v) is 2.49. The number of nitrogens with one attached hydrogen (secondary N) is 1. The summed E-state index contributed by atoms with van der Waals surface area (Å²) >= 11 is 0. The molecule has 2 N–H and O–H groups in total. The van der Waals surface area contributed by atoms with Crippen LogP contribution in [0.2, 0.25) is 0 Å². The molecule has 5 nitrogen and oxygen atoms in total. The van der Waals surface area contributed by atoms with Crippen LogP contribution >= 0.6 is 0 Å². The molecule has 108 valence electrons. The predicted octanol–water partition coefficient (Wildman–Crippen LogP) is 1.36. The Morgan fingerprint density at radius 2 is 2.16 bits per heavy atom. The number of aliphatic hydroxyl groups excluding tert-OH is 1. The summed E-state index contributed by atoms with van der Waals surface area (Å²) in [6, 6.07) is 3.79. The lowest BCUT2D eigenvalue weighted by atomic mass is 10.3. The van der Waals surface area contributed by atoms with Crippen molar-refractivity contribution in [1.29, 1.82) is 0 Å². The fourth-order valence-electron chi connectivity index (χ4n) is 1.49. The Morgan fingerprint density at radius 3 is 2.79 bits per heavy atom. The Morgan fingerprint density at radius 1 is 1.32 bits per heavy atom. The summed E-state index contributed by atoms with van der Waals surface area (Å²) in [5.74, 6) is 0.662. The summed E-state index contributed by atoms with van der Waals surface area (Å²) in [6.07, 6.45) is 2.18. The van der Waals surface area contributed by atoms with Crippen LogP contribution < -0.4 is 10.1 Å². The van der Waals surface area contributed by atoms with Crippen molar-refractivity contribution in [1.82, 2.24) is 10.3 Å². The molecule has 1 rings (SSSR count). The van der Waals surface area contributed by atoms with Gasteiger partial charge in [-0.2, -0.15) is 0 Å². The Bertz CT molecular complexity index is 330. The molecule has 0 saturated heterocycles. The van der Waals surface area contributed by atoms with Crippen molar-refractivity contribution in [3.05, 3.63) is 24.0 Å². The molecule has 0 spiro atoms.